The zero-order valence-electron chi connectivity index (χ0n) is 18.8. The van der Waals surface area contributed by atoms with E-state index in [-0.39, 0.29) is 40.2 Å². The quantitative estimate of drug-likeness (QED) is 0.210. The van der Waals surface area contributed by atoms with Crippen LogP contribution in [0.25, 0.3) is 0 Å². The number of benzene rings is 4. The number of fused-ring (bicyclic) bond motifs is 1. The van der Waals surface area contributed by atoms with Crippen LogP contribution in [-0.4, -0.2) is 40.9 Å². The molecule has 0 amide bonds. The van der Waals surface area contributed by atoms with Gasteiger partial charge in [0.25, 0.3) is 0 Å². The molecule has 4 aromatic carbocycles. The van der Waals surface area contributed by atoms with Crippen molar-refractivity contribution >= 4 is 0 Å². The van der Waals surface area contributed by atoms with Crippen LogP contribution in [0.2, 0.25) is 0 Å². The van der Waals surface area contributed by atoms with Crippen molar-refractivity contribution in [2.45, 2.75) is 23.9 Å². The third-order valence-corrected chi connectivity index (χ3v) is 6.82. The number of aromatic hydroxyl groups is 7. The van der Waals surface area contributed by atoms with Gasteiger partial charge in [-0.1, -0.05) is 18.2 Å². The van der Waals surface area contributed by atoms with E-state index in [1.165, 1.54) is 42.5 Å². The Morgan fingerprint density at radius 2 is 1.11 bits per heavy atom. The highest BCUT2D eigenvalue weighted by atomic mass is 16.3. The first-order valence-electron chi connectivity index (χ1n) is 11.2. The first-order valence-corrected chi connectivity index (χ1v) is 11.2. The smallest absolute Gasteiger partial charge is 0.123 e. The number of aliphatic hydroxyl groups is 1. The molecule has 0 heterocycles. The lowest BCUT2D eigenvalue weighted by Crippen LogP contribution is -2.18. The van der Waals surface area contributed by atoms with Gasteiger partial charge in [-0.15, -0.1) is 0 Å². The molecule has 8 heteroatoms. The van der Waals surface area contributed by atoms with Crippen molar-refractivity contribution in [1.82, 2.24) is 0 Å². The SMILES string of the molecule is Oc1ccc([C@@H](O)[C@@H]2c3cc(O)cc(O)c3[C@@H](c3cc(O)cc(O)c3)[C@@H]2c2ccc(O)cc2O)cc1. The molecule has 0 radical (unpaired) electrons. The highest BCUT2D eigenvalue weighted by Crippen LogP contribution is 2.62. The fourth-order valence-corrected chi connectivity index (χ4v) is 5.44. The predicted octanol–water partition coefficient (Wildman–Crippen LogP) is 4.37. The molecule has 5 rings (SSSR count). The van der Waals surface area contributed by atoms with Crippen molar-refractivity contribution in [1.29, 1.82) is 0 Å². The average Bonchev–Trinajstić information content (AvgIpc) is 3.13. The molecule has 0 aliphatic heterocycles. The molecule has 4 aromatic rings. The third-order valence-electron chi connectivity index (χ3n) is 6.82. The molecule has 184 valence electrons. The summed E-state index contributed by atoms with van der Waals surface area (Å²) in [5.41, 5.74) is 1.91. The molecule has 0 saturated carbocycles. The molecular weight excluding hydrogens is 464 g/mol. The Labute approximate surface area is 205 Å². The van der Waals surface area contributed by atoms with Crippen LogP contribution >= 0.6 is 0 Å². The van der Waals surface area contributed by atoms with Gasteiger partial charge in [0.2, 0.25) is 0 Å². The van der Waals surface area contributed by atoms with Crippen molar-refractivity contribution in [3.8, 4) is 40.2 Å². The van der Waals surface area contributed by atoms with Crippen LogP contribution in [0.15, 0.2) is 72.8 Å². The maximum atomic E-state index is 11.6. The van der Waals surface area contributed by atoms with Gasteiger partial charge in [-0.3, -0.25) is 0 Å². The van der Waals surface area contributed by atoms with E-state index >= 15 is 0 Å². The summed E-state index contributed by atoms with van der Waals surface area (Å²) < 4.78 is 0. The van der Waals surface area contributed by atoms with Crippen LogP contribution in [0.3, 0.4) is 0 Å². The standard InChI is InChI=1S/C28H24O8/c29-15-3-1-13(2-4-15)28(36)27-21-10-19(33)12-23(35)25(21)24(14-7-17(31)9-18(32)8-14)26(27)20-6-5-16(30)11-22(20)34/h1-12,24,26-36H/t24-,26+,27-,28-/m1/s1. The molecule has 36 heavy (non-hydrogen) atoms. The largest absolute Gasteiger partial charge is 0.508 e. The predicted molar refractivity (Wildman–Crippen MR) is 130 cm³/mol. The number of aliphatic hydroxyl groups excluding tert-OH is 1. The number of phenolic OH excluding ortho intramolecular Hbond substituents is 7. The highest BCUT2D eigenvalue weighted by Gasteiger charge is 2.48. The van der Waals surface area contributed by atoms with Gasteiger partial charge in [0.1, 0.15) is 40.2 Å². The minimum absolute atomic E-state index is 0.00824. The van der Waals surface area contributed by atoms with Crippen LogP contribution in [0, 0.1) is 0 Å². The van der Waals surface area contributed by atoms with Gasteiger partial charge in [-0.05, 0) is 58.7 Å². The van der Waals surface area contributed by atoms with Gasteiger partial charge in [0.05, 0.1) is 6.10 Å². The molecule has 4 atom stereocenters. The van der Waals surface area contributed by atoms with Crippen molar-refractivity contribution in [2.75, 3.05) is 0 Å². The number of rotatable bonds is 4. The van der Waals surface area contributed by atoms with Gasteiger partial charge < -0.3 is 40.9 Å². The van der Waals surface area contributed by atoms with E-state index in [0.717, 1.165) is 18.2 Å². The second-order valence-corrected chi connectivity index (χ2v) is 9.06. The van der Waals surface area contributed by atoms with Crippen LogP contribution in [0.5, 0.6) is 40.2 Å². The lowest BCUT2D eigenvalue weighted by Gasteiger charge is -2.30. The Balaban J connectivity index is 1.81. The van der Waals surface area contributed by atoms with Crippen molar-refractivity contribution in [3.63, 3.8) is 0 Å². The van der Waals surface area contributed by atoms with Crippen LogP contribution in [-0.2, 0) is 0 Å². The fourth-order valence-electron chi connectivity index (χ4n) is 5.44. The molecule has 0 unspecified atom stereocenters. The summed E-state index contributed by atoms with van der Waals surface area (Å²) in [6.45, 7) is 0. The number of phenols is 7. The molecule has 1 aliphatic rings. The van der Waals surface area contributed by atoms with E-state index in [1.807, 2.05) is 0 Å². The molecule has 0 fully saturated rings. The number of hydrogen-bond donors (Lipinski definition) is 8. The fraction of sp³-hybridized carbons (Fsp3) is 0.143. The van der Waals surface area contributed by atoms with E-state index in [0.29, 0.717) is 27.8 Å². The second-order valence-electron chi connectivity index (χ2n) is 9.06. The zero-order chi connectivity index (χ0) is 25.7. The van der Waals surface area contributed by atoms with Crippen molar-refractivity contribution < 1.29 is 40.9 Å². The summed E-state index contributed by atoms with van der Waals surface area (Å²) in [4.78, 5) is 0. The first kappa shape index (κ1) is 23.2. The Bertz CT molecular complexity index is 1430. The molecule has 8 nitrogen and oxygen atoms in total. The average molecular weight is 488 g/mol. The molecule has 8 N–H and O–H groups in total. The lowest BCUT2D eigenvalue weighted by atomic mass is 9.74. The maximum Gasteiger partial charge on any atom is 0.123 e. The normalized spacial score (nSPS) is 19.6. The van der Waals surface area contributed by atoms with Gasteiger partial charge in [-0.25, -0.2) is 0 Å². The second kappa shape index (κ2) is 8.58. The van der Waals surface area contributed by atoms with Crippen LogP contribution < -0.4 is 0 Å². The van der Waals surface area contributed by atoms with Gasteiger partial charge >= 0.3 is 0 Å². The summed E-state index contributed by atoms with van der Waals surface area (Å²) in [5, 5.41) is 83.8. The van der Waals surface area contributed by atoms with Gasteiger partial charge in [-0.2, -0.15) is 0 Å². The summed E-state index contributed by atoms with van der Waals surface area (Å²) >= 11 is 0. The van der Waals surface area contributed by atoms with Crippen LogP contribution in [0.4, 0.5) is 0 Å². The van der Waals surface area contributed by atoms with Crippen molar-refractivity contribution in [3.05, 3.63) is 101 Å². The first-order chi connectivity index (χ1) is 17.1. The van der Waals surface area contributed by atoms with E-state index in [9.17, 15) is 40.9 Å². The maximum absolute atomic E-state index is 11.6. The summed E-state index contributed by atoms with van der Waals surface area (Å²) in [6.07, 6.45) is -1.22. The minimum atomic E-state index is -1.22. The molecule has 1 aliphatic carbocycles. The minimum Gasteiger partial charge on any atom is -0.508 e. The highest BCUT2D eigenvalue weighted by molar-refractivity contribution is 5.62. The van der Waals surface area contributed by atoms with E-state index < -0.39 is 23.9 Å². The summed E-state index contributed by atoms with van der Waals surface area (Å²) in [5.74, 6) is -3.76. The van der Waals surface area contributed by atoms with E-state index in [2.05, 4.69) is 0 Å². The lowest BCUT2D eigenvalue weighted by molar-refractivity contribution is 0.134. The van der Waals surface area contributed by atoms with Crippen LogP contribution in [0.1, 0.15) is 51.7 Å². The van der Waals surface area contributed by atoms with Gasteiger partial charge in [0, 0.05) is 41.5 Å². The number of hydrogen-bond acceptors (Lipinski definition) is 8. The van der Waals surface area contributed by atoms with Crippen molar-refractivity contribution in [2.24, 2.45) is 0 Å². The summed E-state index contributed by atoms with van der Waals surface area (Å²) in [7, 11) is 0. The Morgan fingerprint density at radius 1 is 0.528 bits per heavy atom. The molecule has 0 bridgehead atoms. The Morgan fingerprint density at radius 3 is 1.75 bits per heavy atom. The third kappa shape index (κ3) is 3.87. The molecule has 0 spiro atoms. The van der Waals surface area contributed by atoms with Gasteiger partial charge in [0.15, 0.2) is 0 Å². The molecular formula is C28H24O8. The van der Waals surface area contributed by atoms with E-state index in [1.54, 1.807) is 12.1 Å². The Hall–Kier alpha value is -4.56. The Kier molecular flexibility index (Phi) is 5.53. The zero-order valence-corrected chi connectivity index (χ0v) is 18.8. The van der Waals surface area contributed by atoms with E-state index in [4.69, 9.17) is 0 Å². The molecule has 0 aromatic heterocycles. The summed E-state index contributed by atoms with van der Waals surface area (Å²) in [6, 6.07) is 16.6. The molecule has 0 saturated heterocycles. The monoisotopic (exact) mass is 488 g/mol. The topological polar surface area (TPSA) is 162 Å².